The monoisotopic (exact) mass is 431 g/mol. The summed E-state index contributed by atoms with van der Waals surface area (Å²) >= 11 is 5.81. The number of aryl methyl sites for hydroxylation is 4. The molecular weight excluding hydrogens is 394 g/mol. The second-order valence-electron chi connectivity index (χ2n) is 8.50. The number of halogens is 1. The summed E-state index contributed by atoms with van der Waals surface area (Å²) in [6.07, 6.45) is 3.14. The number of rotatable bonds is 7. The van der Waals surface area contributed by atoms with Crippen LogP contribution >= 0.6 is 11.6 Å². The maximum Gasteiger partial charge on any atom is 0.0900 e. The first-order valence-electron chi connectivity index (χ1n) is 11.1. The topological polar surface area (TPSA) is 32.7 Å². The normalized spacial score (nSPS) is 16.1. The Bertz CT molecular complexity index is 787. The van der Waals surface area contributed by atoms with E-state index in [0.29, 0.717) is 6.61 Å². The molecule has 1 aliphatic rings. The van der Waals surface area contributed by atoms with Gasteiger partial charge in [-0.1, -0.05) is 54.4 Å². The van der Waals surface area contributed by atoms with E-state index in [2.05, 4.69) is 49.9 Å². The highest BCUT2D eigenvalue weighted by Crippen LogP contribution is 2.25. The van der Waals surface area contributed by atoms with E-state index in [1.54, 1.807) is 0 Å². The summed E-state index contributed by atoms with van der Waals surface area (Å²) in [4.78, 5) is 2.33. The van der Waals surface area contributed by atoms with Gasteiger partial charge in [0.25, 0.3) is 0 Å². The predicted molar refractivity (Wildman–Crippen MR) is 128 cm³/mol. The van der Waals surface area contributed by atoms with Crippen molar-refractivity contribution < 1.29 is 9.84 Å². The zero-order valence-corrected chi connectivity index (χ0v) is 20.0. The molecule has 0 saturated carbocycles. The average molecular weight is 432 g/mol. The van der Waals surface area contributed by atoms with Crippen molar-refractivity contribution in [2.75, 3.05) is 26.2 Å². The summed E-state index contributed by atoms with van der Waals surface area (Å²) in [5.74, 6) is 0. The van der Waals surface area contributed by atoms with Crippen LogP contribution in [0.15, 0.2) is 36.4 Å². The van der Waals surface area contributed by atoms with Gasteiger partial charge >= 0.3 is 0 Å². The van der Waals surface area contributed by atoms with E-state index in [0.717, 1.165) is 36.6 Å². The van der Waals surface area contributed by atoms with E-state index in [1.165, 1.54) is 35.1 Å². The van der Waals surface area contributed by atoms with Gasteiger partial charge in [0.2, 0.25) is 0 Å². The molecule has 0 amide bonds. The number of benzene rings is 2. The smallest absolute Gasteiger partial charge is 0.0900 e. The maximum atomic E-state index is 10.1. The minimum Gasteiger partial charge on any atom is -0.389 e. The standard InChI is InChI=1S/C18H29NO2.C8H9Cl/c1-4-18(17-8-7-14(2)11-15(17)3)21-13-16(20)12-19-9-5-6-10-19;1-6-3-4-7(2)8(9)5-6/h7-8,11,16,18,20H,4-6,9-10,12-13H2,1-3H3;3-5H,1-2H3. The Morgan fingerprint density at radius 1 is 0.967 bits per heavy atom. The van der Waals surface area contributed by atoms with Gasteiger partial charge in [0.05, 0.1) is 18.8 Å². The van der Waals surface area contributed by atoms with E-state index in [1.807, 2.05) is 26.0 Å². The molecule has 3 nitrogen and oxygen atoms in total. The minimum atomic E-state index is -0.386. The molecule has 2 atom stereocenters. The lowest BCUT2D eigenvalue weighted by Crippen LogP contribution is -2.33. The van der Waals surface area contributed by atoms with E-state index in [-0.39, 0.29) is 12.2 Å². The van der Waals surface area contributed by atoms with Crippen LogP contribution in [0.4, 0.5) is 0 Å². The van der Waals surface area contributed by atoms with E-state index < -0.39 is 0 Å². The summed E-state index contributed by atoms with van der Waals surface area (Å²) in [6.45, 7) is 13.8. The number of aliphatic hydroxyl groups excluding tert-OH is 1. The third-order valence-electron chi connectivity index (χ3n) is 5.63. The molecule has 3 rings (SSSR count). The molecule has 166 valence electrons. The first-order chi connectivity index (χ1) is 14.3. The van der Waals surface area contributed by atoms with Gasteiger partial charge in [0, 0.05) is 11.6 Å². The lowest BCUT2D eigenvalue weighted by atomic mass is 9.99. The van der Waals surface area contributed by atoms with Gasteiger partial charge in [-0.25, -0.2) is 0 Å². The molecule has 2 unspecified atom stereocenters. The molecule has 0 radical (unpaired) electrons. The van der Waals surface area contributed by atoms with Gasteiger partial charge in [-0.05, 0) is 88.4 Å². The molecule has 1 saturated heterocycles. The van der Waals surface area contributed by atoms with Crippen molar-refractivity contribution in [2.45, 2.75) is 66.1 Å². The van der Waals surface area contributed by atoms with E-state index >= 15 is 0 Å². The minimum absolute atomic E-state index is 0.0822. The number of hydrogen-bond donors (Lipinski definition) is 1. The van der Waals surface area contributed by atoms with Gasteiger partial charge in [-0.15, -0.1) is 0 Å². The summed E-state index contributed by atoms with van der Waals surface area (Å²) < 4.78 is 5.99. The molecular formula is C26H38ClNO2. The van der Waals surface area contributed by atoms with Gasteiger partial charge in [0.15, 0.2) is 0 Å². The van der Waals surface area contributed by atoms with Crippen LogP contribution in [0.2, 0.25) is 5.02 Å². The maximum absolute atomic E-state index is 10.1. The Morgan fingerprint density at radius 2 is 1.60 bits per heavy atom. The largest absolute Gasteiger partial charge is 0.389 e. The van der Waals surface area contributed by atoms with Gasteiger partial charge in [-0.3, -0.25) is 0 Å². The Kier molecular flexibility index (Phi) is 10.3. The third kappa shape index (κ3) is 8.03. The van der Waals surface area contributed by atoms with Crippen molar-refractivity contribution in [1.29, 1.82) is 0 Å². The lowest BCUT2D eigenvalue weighted by molar-refractivity contribution is -0.0217. The van der Waals surface area contributed by atoms with Crippen molar-refractivity contribution in [2.24, 2.45) is 0 Å². The lowest BCUT2D eigenvalue weighted by Gasteiger charge is -2.23. The molecule has 2 aromatic rings. The van der Waals surface area contributed by atoms with Gasteiger partial charge < -0.3 is 14.7 Å². The third-order valence-corrected chi connectivity index (χ3v) is 6.03. The fourth-order valence-electron chi connectivity index (χ4n) is 3.86. The Labute approximate surface area is 188 Å². The quantitative estimate of drug-likeness (QED) is 0.567. The zero-order valence-electron chi connectivity index (χ0n) is 19.2. The molecule has 1 fully saturated rings. The second-order valence-corrected chi connectivity index (χ2v) is 8.91. The van der Waals surface area contributed by atoms with Crippen molar-refractivity contribution in [3.63, 3.8) is 0 Å². The average Bonchev–Trinajstić information content (AvgIpc) is 3.20. The summed E-state index contributed by atoms with van der Waals surface area (Å²) in [7, 11) is 0. The number of β-amino-alcohol motifs (C(OH)–C–C–N with tert-alkyl or cyclic N) is 1. The van der Waals surface area contributed by atoms with E-state index in [9.17, 15) is 5.11 Å². The molecule has 1 N–H and O–H groups in total. The Hall–Kier alpha value is -1.39. The molecule has 0 aliphatic carbocycles. The predicted octanol–water partition coefficient (Wildman–Crippen LogP) is 6.18. The first kappa shape index (κ1) is 24.9. The summed E-state index contributed by atoms with van der Waals surface area (Å²) in [5.41, 5.74) is 6.15. The fraction of sp³-hybridized carbons (Fsp3) is 0.538. The highest BCUT2D eigenvalue weighted by molar-refractivity contribution is 6.31. The van der Waals surface area contributed by atoms with Crippen LogP contribution in [0.25, 0.3) is 0 Å². The molecule has 0 bridgehead atoms. The molecule has 4 heteroatoms. The van der Waals surface area contributed by atoms with Crippen molar-refractivity contribution >= 4 is 11.6 Å². The van der Waals surface area contributed by atoms with Crippen LogP contribution in [0.1, 0.15) is 60.1 Å². The number of hydrogen-bond acceptors (Lipinski definition) is 3. The Balaban J connectivity index is 0.000000297. The summed E-state index contributed by atoms with van der Waals surface area (Å²) in [6, 6.07) is 12.5. The van der Waals surface area contributed by atoms with E-state index in [4.69, 9.17) is 16.3 Å². The van der Waals surface area contributed by atoms with Crippen molar-refractivity contribution in [1.82, 2.24) is 4.90 Å². The molecule has 0 aromatic heterocycles. The molecule has 2 aromatic carbocycles. The molecule has 1 heterocycles. The molecule has 30 heavy (non-hydrogen) atoms. The van der Waals surface area contributed by atoms with Crippen LogP contribution in [0.5, 0.6) is 0 Å². The SMILES string of the molecule is CCC(OCC(O)CN1CCCC1)c1ccc(C)cc1C.Cc1ccc(C)c(Cl)c1. The highest BCUT2D eigenvalue weighted by atomic mass is 35.5. The van der Waals surface area contributed by atoms with Crippen molar-refractivity contribution in [3.8, 4) is 0 Å². The van der Waals surface area contributed by atoms with Crippen LogP contribution in [-0.2, 0) is 4.74 Å². The number of likely N-dealkylation sites (tertiary alicyclic amines) is 1. The van der Waals surface area contributed by atoms with Crippen molar-refractivity contribution in [3.05, 3.63) is 69.2 Å². The summed E-state index contributed by atoms with van der Waals surface area (Å²) in [5, 5.41) is 11.0. The van der Waals surface area contributed by atoms with Gasteiger partial charge in [-0.2, -0.15) is 0 Å². The zero-order chi connectivity index (χ0) is 22.1. The number of nitrogens with zero attached hydrogens (tertiary/aromatic N) is 1. The number of aliphatic hydroxyl groups is 1. The first-order valence-corrected chi connectivity index (χ1v) is 11.5. The molecule has 0 spiro atoms. The highest BCUT2D eigenvalue weighted by Gasteiger charge is 2.18. The fourth-order valence-corrected chi connectivity index (χ4v) is 4.09. The molecule has 1 aliphatic heterocycles. The van der Waals surface area contributed by atoms with Crippen LogP contribution in [0, 0.1) is 27.7 Å². The number of ether oxygens (including phenoxy) is 1. The van der Waals surface area contributed by atoms with Crippen LogP contribution < -0.4 is 0 Å². The second kappa shape index (κ2) is 12.5. The van der Waals surface area contributed by atoms with Crippen LogP contribution in [0.3, 0.4) is 0 Å². The Morgan fingerprint density at radius 3 is 2.17 bits per heavy atom. The van der Waals surface area contributed by atoms with Crippen LogP contribution in [-0.4, -0.2) is 42.4 Å². The van der Waals surface area contributed by atoms with Gasteiger partial charge in [0.1, 0.15) is 0 Å².